The molecule has 0 aliphatic carbocycles. The van der Waals surface area contributed by atoms with Crippen LogP contribution in [-0.2, 0) is 18.3 Å². The van der Waals surface area contributed by atoms with Gasteiger partial charge in [0, 0.05) is 18.8 Å². The summed E-state index contributed by atoms with van der Waals surface area (Å²) >= 11 is 0. The summed E-state index contributed by atoms with van der Waals surface area (Å²) in [5.41, 5.74) is 2.87. The van der Waals surface area contributed by atoms with Crippen LogP contribution in [-0.4, -0.2) is 20.6 Å². The molecule has 0 radical (unpaired) electrons. The molecule has 19 heavy (non-hydrogen) atoms. The Bertz CT molecular complexity index is 583. The molecule has 1 aromatic heterocycles. The summed E-state index contributed by atoms with van der Waals surface area (Å²) in [6.07, 6.45) is 1.72. The Morgan fingerprint density at radius 2 is 1.95 bits per heavy atom. The van der Waals surface area contributed by atoms with Crippen LogP contribution in [0.3, 0.4) is 0 Å². The first kappa shape index (κ1) is 13.3. The van der Waals surface area contributed by atoms with Crippen LogP contribution < -0.4 is 0 Å². The highest BCUT2D eigenvalue weighted by atomic mass is 16.4. The lowest BCUT2D eigenvalue weighted by atomic mass is 10.0. The minimum atomic E-state index is -0.861. The quantitative estimate of drug-likeness (QED) is 0.917. The van der Waals surface area contributed by atoms with Gasteiger partial charge in [0.15, 0.2) is 0 Å². The summed E-state index contributed by atoms with van der Waals surface area (Å²) in [5.74, 6) is 0.435. The molecule has 2 rings (SSSR count). The molecule has 2 aromatic rings. The maximum absolute atomic E-state index is 10.7. The lowest BCUT2D eigenvalue weighted by Gasteiger charge is -2.06. The van der Waals surface area contributed by atoms with E-state index in [9.17, 15) is 4.79 Å². The van der Waals surface area contributed by atoms with Crippen LogP contribution in [0.2, 0.25) is 0 Å². The molecule has 1 N–H and O–H groups in total. The fourth-order valence-electron chi connectivity index (χ4n) is 2.05. The van der Waals surface area contributed by atoms with Crippen LogP contribution in [0.1, 0.15) is 31.0 Å². The SMILES string of the molecule is CC(C)c1ccc(-c2nc(CC(=O)O)cn2C)cc1. The van der Waals surface area contributed by atoms with E-state index in [-0.39, 0.29) is 6.42 Å². The van der Waals surface area contributed by atoms with Crippen molar-refractivity contribution in [2.45, 2.75) is 26.2 Å². The topological polar surface area (TPSA) is 55.1 Å². The second-order valence-electron chi connectivity index (χ2n) is 5.01. The standard InChI is InChI=1S/C15H18N2O2/c1-10(2)11-4-6-12(7-5-11)15-16-13(8-14(18)19)9-17(15)3/h4-7,9-10H,8H2,1-3H3,(H,18,19). The Balaban J connectivity index is 2.30. The molecule has 0 unspecified atom stereocenters. The first-order valence-corrected chi connectivity index (χ1v) is 6.31. The fourth-order valence-corrected chi connectivity index (χ4v) is 2.05. The van der Waals surface area contributed by atoms with Crippen molar-refractivity contribution in [2.24, 2.45) is 7.05 Å². The summed E-state index contributed by atoms with van der Waals surface area (Å²) in [6, 6.07) is 8.24. The van der Waals surface area contributed by atoms with Crippen molar-refractivity contribution in [3.63, 3.8) is 0 Å². The van der Waals surface area contributed by atoms with Gasteiger partial charge in [-0.05, 0) is 11.5 Å². The Morgan fingerprint density at radius 1 is 1.32 bits per heavy atom. The summed E-state index contributed by atoms with van der Waals surface area (Å²) in [6.45, 7) is 4.31. The highest BCUT2D eigenvalue weighted by Gasteiger charge is 2.10. The molecule has 0 atom stereocenters. The number of carboxylic acid groups (broad SMARTS) is 1. The number of nitrogens with zero attached hydrogens (tertiary/aromatic N) is 2. The summed E-state index contributed by atoms with van der Waals surface area (Å²) < 4.78 is 1.86. The minimum Gasteiger partial charge on any atom is -0.481 e. The summed E-state index contributed by atoms with van der Waals surface area (Å²) in [4.78, 5) is 15.1. The van der Waals surface area contributed by atoms with E-state index in [0.717, 1.165) is 11.4 Å². The third kappa shape index (κ3) is 3.02. The highest BCUT2D eigenvalue weighted by molar-refractivity contribution is 5.70. The van der Waals surface area contributed by atoms with Gasteiger partial charge >= 0.3 is 5.97 Å². The van der Waals surface area contributed by atoms with Gasteiger partial charge < -0.3 is 9.67 Å². The largest absolute Gasteiger partial charge is 0.481 e. The maximum Gasteiger partial charge on any atom is 0.309 e. The number of aryl methyl sites for hydroxylation is 1. The van der Waals surface area contributed by atoms with Crippen LogP contribution in [0.25, 0.3) is 11.4 Å². The van der Waals surface area contributed by atoms with E-state index in [1.54, 1.807) is 6.20 Å². The predicted octanol–water partition coefficient (Wildman–Crippen LogP) is 2.84. The van der Waals surface area contributed by atoms with Gasteiger partial charge in [0.05, 0.1) is 12.1 Å². The van der Waals surface area contributed by atoms with Gasteiger partial charge in [0.25, 0.3) is 0 Å². The zero-order chi connectivity index (χ0) is 14.0. The van der Waals surface area contributed by atoms with Crippen molar-refractivity contribution in [1.82, 2.24) is 9.55 Å². The maximum atomic E-state index is 10.7. The number of hydrogen-bond acceptors (Lipinski definition) is 2. The second-order valence-corrected chi connectivity index (χ2v) is 5.01. The Kier molecular flexibility index (Phi) is 3.69. The first-order chi connectivity index (χ1) is 8.97. The van der Waals surface area contributed by atoms with Gasteiger partial charge in [-0.15, -0.1) is 0 Å². The van der Waals surface area contributed by atoms with E-state index < -0.39 is 5.97 Å². The number of carboxylic acids is 1. The van der Waals surface area contributed by atoms with Gasteiger partial charge in [-0.25, -0.2) is 4.98 Å². The van der Waals surface area contributed by atoms with Crippen LogP contribution in [0.15, 0.2) is 30.5 Å². The third-order valence-corrected chi connectivity index (χ3v) is 3.09. The van der Waals surface area contributed by atoms with Crippen molar-refractivity contribution >= 4 is 5.97 Å². The Morgan fingerprint density at radius 3 is 2.47 bits per heavy atom. The van der Waals surface area contributed by atoms with E-state index in [0.29, 0.717) is 11.6 Å². The number of benzene rings is 1. The van der Waals surface area contributed by atoms with Crippen LogP contribution >= 0.6 is 0 Å². The monoisotopic (exact) mass is 258 g/mol. The number of aromatic nitrogens is 2. The molecule has 0 amide bonds. The number of rotatable bonds is 4. The van der Waals surface area contributed by atoms with Gasteiger partial charge in [0.2, 0.25) is 0 Å². The van der Waals surface area contributed by atoms with Crippen LogP contribution in [0.5, 0.6) is 0 Å². The summed E-state index contributed by atoms with van der Waals surface area (Å²) in [7, 11) is 1.88. The Labute approximate surface area is 112 Å². The molecular weight excluding hydrogens is 240 g/mol. The van der Waals surface area contributed by atoms with Crippen LogP contribution in [0, 0.1) is 0 Å². The van der Waals surface area contributed by atoms with Crippen molar-refractivity contribution in [2.75, 3.05) is 0 Å². The first-order valence-electron chi connectivity index (χ1n) is 6.31. The van der Waals surface area contributed by atoms with E-state index in [4.69, 9.17) is 5.11 Å². The van der Waals surface area contributed by atoms with Crippen molar-refractivity contribution < 1.29 is 9.90 Å². The lowest BCUT2D eigenvalue weighted by Crippen LogP contribution is -1.99. The molecule has 0 saturated heterocycles. The van der Waals surface area contributed by atoms with Crippen LogP contribution in [0.4, 0.5) is 0 Å². The molecule has 0 aliphatic rings. The molecule has 0 spiro atoms. The average molecular weight is 258 g/mol. The molecule has 1 aromatic carbocycles. The number of imidazole rings is 1. The Hall–Kier alpha value is -2.10. The predicted molar refractivity (Wildman–Crippen MR) is 74.1 cm³/mol. The number of hydrogen-bond donors (Lipinski definition) is 1. The molecule has 4 nitrogen and oxygen atoms in total. The lowest BCUT2D eigenvalue weighted by molar-refractivity contribution is -0.136. The fraction of sp³-hybridized carbons (Fsp3) is 0.333. The minimum absolute atomic E-state index is 0.0437. The molecule has 100 valence electrons. The van der Waals surface area contributed by atoms with E-state index in [2.05, 4.69) is 31.0 Å². The van der Waals surface area contributed by atoms with Gasteiger partial charge in [-0.2, -0.15) is 0 Å². The van der Waals surface area contributed by atoms with Gasteiger partial charge in [-0.1, -0.05) is 38.1 Å². The normalized spacial score (nSPS) is 10.9. The van der Waals surface area contributed by atoms with E-state index in [1.165, 1.54) is 5.56 Å². The molecular formula is C15H18N2O2. The van der Waals surface area contributed by atoms with Gasteiger partial charge in [0.1, 0.15) is 5.82 Å². The highest BCUT2D eigenvalue weighted by Crippen LogP contribution is 2.22. The van der Waals surface area contributed by atoms with Crippen molar-refractivity contribution in [3.8, 4) is 11.4 Å². The van der Waals surface area contributed by atoms with Crippen molar-refractivity contribution in [1.29, 1.82) is 0 Å². The van der Waals surface area contributed by atoms with Crippen molar-refractivity contribution in [3.05, 3.63) is 41.7 Å². The molecule has 0 aliphatic heterocycles. The molecule has 0 fully saturated rings. The second kappa shape index (κ2) is 5.26. The average Bonchev–Trinajstić information content (AvgIpc) is 2.69. The number of aliphatic carboxylic acids is 1. The van der Waals surface area contributed by atoms with E-state index in [1.807, 2.05) is 23.7 Å². The van der Waals surface area contributed by atoms with Gasteiger partial charge in [-0.3, -0.25) is 4.79 Å². The number of carbonyl (C=O) groups is 1. The summed E-state index contributed by atoms with van der Waals surface area (Å²) in [5, 5.41) is 8.79. The molecule has 4 heteroatoms. The molecule has 0 bridgehead atoms. The third-order valence-electron chi connectivity index (χ3n) is 3.09. The zero-order valence-corrected chi connectivity index (χ0v) is 11.4. The molecule has 0 saturated carbocycles. The smallest absolute Gasteiger partial charge is 0.309 e. The molecule has 1 heterocycles. The van der Waals surface area contributed by atoms with E-state index >= 15 is 0 Å². The zero-order valence-electron chi connectivity index (χ0n) is 11.4.